The number of aromatic nitrogens is 5. The molecule has 20 heteroatoms. The van der Waals surface area contributed by atoms with Crippen LogP contribution in [0, 0.1) is 0 Å². The van der Waals surface area contributed by atoms with Crippen LogP contribution in [0.4, 0.5) is 9.59 Å². The van der Waals surface area contributed by atoms with Crippen molar-refractivity contribution < 1.29 is 46.5 Å². The molecule has 3 aromatic carbocycles. The summed E-state index contributed by atoms with van der Waals surface area (Å²) in [5, 5.41) is 6.61. The number of amides is 4. The lowest BCUT2D eigenvalue weighted by molar-refractivity contribution is -0.138. The largest absolute Gasteiger partial charge is 0.453 e. The maximum atomic E-state index is 14.8. The quantitative estimate of drug-likeness (QED) is 0.104. The van der Waals surface area contributed by atoms with Gasteiger partial charge in [0.1, 0.15) is 23.7 Å². The van der Waals surface area contributed by atoms with Crippen molar-refractivity contribution in [3.05, 3.63) is 90.8 Å². The molecule has 0 bridgehead atoms. The highest BCUT2D eigenvalue weighted by atomic mass is 32.2. The van der Waals surface area contributed by atoms with E-state index in [9.17, 15) is 27.6 Å². The predicted octanol–water partition coefficient (Wildman–Crippen LogP) is 5.66. The Labute approximate surface area is 381 Å². The molecule has 1 unspecified atom stereocenters. The Hall–Kier alpha value is -6.77. The first kappa shape index (κ1) is 45.8. The SMILES string of the molecule is COC(=O)N[C@@H](C(=O)N1CCCC1c1ncc(-c2ccc3c4ccc(-c5cnc([C@H]6CCCN6C(=O)[C@H](NC(=O)OC)[C@H](C)OC)[nH]5)cc4n(S(=O)(=O)c4ccccc4)c3c2)[nH]1)[C@H](C)OC. The van der Waals surface area contributed by atoms with Crippen LogP contribution >= 0.6 is 0 Å². The molecule has 2 aliphatic heterocycles. The highest BCUT2D eigenvalue weighted by Gasteiger charge is 2.40. The van der Waals surface area contributed by atoms with Crippen LogP contribution < -0.4 is 10.6 Å². The molecule has 4 amide bonds. The minimum Gasteiger partial charge on any atom is -0.453 e. The predicted molar refractivity (Wildman–Crippen MR) is 243 cm³/mol. The number of hydrogen-bond acceptors (Lipinski definition) is 12. The number of hydrogen-bond donors (Lipinski definition) is 4. The molecule has 6 aromatic rings. The van der Waals surface area contributed by atoms with Gasteiger partial charge in [-0.05, 0) is 63.8 Å². The van der Waals surface area contributed by atoms with E-state index in [1.165, 1.54) is 32.4 Å². The lowest BCUT2D eigenvalue weighted by Gasteiger charge is -2.30. The highest BCUT2D eigenvalue weighted by Crippen LogP contribution is 2.39. The van der Waals surface area contributed by atoms with Crippen molar-refractivity contribution in [3.63, 3.8) is 0 Å². The zero-order valence-corrected chi connectivity index (χ0v) is 38.3. The minimum absolute atomic E-state index is 0.106. The third kappa shape index (κ3) is 8.58. The molecule has 4 N–H and O–H groups in total. The maximum absolute atomic E-state index is 14.8. The van der Waals surface area contributed by atoms with Crippen molar-refractivity contribution in [2.75, 3.05) is 41.5 Å². The van der Waals surface area contributed by atoms with E-state index >= 15 is 0 Å². The molecule has 8 rings (SSSR count). The average Bonchev–Trinajstić information content (AvgIpc) is 4.20. The first-order valence-electron chi connectivity index (χ1n) is 21.6. The van der Waals surface area contributed by atoms with Crippen molar-refractivity contribution >= 4 is 55.8 Å². The molecule has 348 valence electrons. The molecule has 0 saturated carbocycles. The fraction of sp³-hybridized carbons (Fsp3) is 0.391. The lowest BCUT2D eigenvalue weighted by atomic mass is 10.1. The van der Waals surface area contributed by atoms with Gasteiger partial charge in [-0.15, -0.1) is 0 Å². The number of nitrogens with one attached hydrogen (secondary N) is 4. The van der Waals surface area contributed by atoms with Crippen molar-refractivity contribution in [2.24, 2.45) is 0 Å². The van der Waals surface area contributed by atoms with Crippen LogP contribution in [-0.4, -0.2) is 132 Å². The number of aromatic amines is 2. The topological polar surface area (TPSA) is 232 Å². The fourth-order valence-corrected chi connectivity index (χ4v) is 10.5. The third-order valence-electron chi connectivity index (χ3n) is 12.7. The molecule has 3 aromatic heterocycles. The monoisotopic (exact) mass is 923 g/mol. The van der Waals surface area contributed by atoms with E-state index in [0.717, 1.165) is 0 Å². The molecule has 2 fully saturated rings. The molecule has 6 atom stereocenters. The number of rotatable bonds is 14. The lowest BCUT2D eigenvalue weighted by Crippen LogP contribution is -2.54. The standard InChI is InChI=1S/C46H53N9O10S/c1-26(62-3)39(51-45(58)64-5)43(56)53-20-10-14-35(53)41-47-24-33(49-41)28-16-18-31-32-19-17-29(23-38(32)55(37(31)22-28)66(60,61)30-12-8-7-9-13-30)34-25-48-42(50-34)36-15-11-21-54(36)44(57)40(27(2)63-4)52-46(59)65-6/h7-9,12-13,16-19,22-27,35-36,39-40H,10-11,14-15,20-21H2,1-6H3,(H,47,49)(H,48,50)(H,51,58)(H,52,59)/t26-,27-,35+,36?,39+,40+/m0/s1. The van der Waals surface area contributed by atoms with Crippen LogP contribution in [-0.2, 0) is 38.6 Å². The summed E-state index contributed by atoms with van der Waals surface area (Å²) < 4.78 is 51.3. The summed E-state index contributed by atoms with van der Waals surface area (Å²) in [5.41, 5.74) is 3.44. The molecular weight excluding hydrogens is 871 g/mol. The van der Waals surface area contributed by atoms with Crippen molar-refractivity contribution in [3.8, 4) is 22.5 Å². The number of H-pyrrole nitrogens is 2. The zero-order chi connectivity index (χ0) is 46.9. The van der Waals surface area contributed by atoms with E-state index in [2.05, 4.69) is 20.6 Å². The van der Waals surface area contributed by atoms with Crippen LogP contribution in [0.2, 0.25) is 0 Å². The molecule has 19 nitrogen and oxygen atoms in total. The minimum atomic E-state index is -4.17. The van der Waals surface area contributed by atoms with E-state index in [1.807, 2.05) is 36.4 Å². The molecule has 66 heavy (non-hydrogen) atoms. The smallest absolute Gasteiger partial charge is 0.407 e. The molecular formula is C46H53N9O10S. The second-order valence-electron chi connectivity index (χ2n) is 16.4. The number of nitrogens with zero attached hydrogens (tertiary/aromatic N) is 5. The van der Waals surface area contributed by atoms with Crippen molar-refractivity contribution in [1.29, 1.82) is 0 Å². The van der Waals surface area contributed by atoms with Gasteiger partial charge in [0.05, 0.1) is 78.2 Å². The van der Waals surface area contributed by atoms with E-state index in [4.69, 9.17) is 28.9 Å². The summed E-state index contributed by atoms with van der Waals surface area (Å²) >= 11 is 0. The van der Waals surface area contributed by atoms with E-state index in [0.29, 0.717) is 94.7 Å². The Morgan fingerprint density at radius 3 is 1.52 bits per heavy atom. The number of ether oxygens (including phenoxy) is 4. The number of imidazole rings is 2. The van der Waals surface area contributed by atoms with Gasteiger partial charge in [0.25, 0.3) is 10.0 Å². The first-order valence-corrected chi connectivity index (χ1v) is 23.1. The van der Waals surface area contributed by atoms with Gasteiger partial charge in [-0.25, -0.2) is 31.9 Å². The summed E-state index contributed by atoms with van der Waals surface area (Å²) in [7, 11) is 1.21. The van der Waals surface area contributed by atoms with Crippen LogP contribution in [0.15, 0.2) is 84.0 Å². The number of fused-ring (bicyclic) bond motifs is 3. The zero-order valence-electron chi connectivity index (χ0n) is 37.4. The van der Waals surface area contributed by atoms with E-state index < -0.39 is 58.6 Å². The summed E-state index contributed by atoms with van der Waals surface area (Å²) in [6.07, 6.45) is 3.27. The van der Waals surface area contributed by atoms with Gasteiger partial charge in [-0.2, -0.15) is 0 Å². The Morgan fingerprint density at radius 1 is 0.667 bits per heavy atom. The Bertz CT molecular complexity index is 2720. The average molecular weight is 924 g/mol. The van der Waals surface area contributed by atoms with E-state index in [1.54, 1.807) is 66.4 Å². The second-order valence-corrected chi connectivity index (χ2v) is 18.2. The number of carbonyl (C=O) groups is 4. The number of alkyl carbamates (subject to hydrolysis) is 2. The molecule has 0 radical (unpaired) electrons. The molecule has 0 spiro atoms. The van der Waals surface area contributed by atoms with E-state index in [-0.39, 0.29) is 16.7 Å². The maximum Gasteiger partial charge on any atom is 0.407 e. The van der Waals surface area contributed by atoms with Gasteiger partial charge in [-0.3, -0.25) is 9.59 Å². The van der Waals surface area contributed by atoms with Gasteiger partial charge in [0, 0.05) is 49.2 Å². The normalized spacial score (nSPS) is 18.3. The van der Waals surface area contributed by atoms with Gasteiger partial charge >= 0.3 is 12.2 Å². The van der Waals surface area contributed by atoms with Gasteiger partial charge in [0.2, 0.25) is 11.8 Å². The van der Waals surface area contributed by atoms with Gasteiger partial charge in [0.15, 0.2) is 0 Å². The summed E-state index contributed by atoms with van der Waals surface area (Å²) in [4.78, 5) is 71.8. The number of carbonyl (C=O) groups excluding carboxylic acids is 4. The third-order valence-corrected chi connectivity index (χ3v) is 14.4. The molecule has 0 aliphatic carbocycles. The highest BCUT2D eigenvalue weighted by molar-refractivity contribution is 7.90. The number of likely N-dealkylation sites (tertiary alicyclic amines) is 2. The number of benzene rings is 3. The Morgan fingerprint density at radius 2 is 1.11 bits per heavy atom. The molecule has 2 aliphatic rings. The van der Waals surface area contributed by atoms with Crippen LogP contribution in [0.5, 0.6) is 0 Å². The fourth-order valence-electron chi connectivity index (χ4n) is 8.97. The van der Waals surface area contributed by atoms with Crippen LogP contribution in [0.1, 0.15) is 63.3 Å². The molecule has 2 saturated heterocycles. The van der Waals surface area contributed by atoms with Crippen molar-refractivity contribution in [2.45, 2.75) is 80.8 Å². The first-order chi connectivity index (χ1) is 31.8. The summed E-state index contributed by atoms with van der Waals surface area (Å²) in [6.45, 7) is 4.29. The summed E-state index contributed by atoms with van der Waals surface area (Å²) in [5.74, 6) is 0.436. The van der Waals surface area contributed by atoms with Gasteiger partial charge < -0.3 is 49.3 Å². The van der Waals surface area contributed by atoms with Crippen molar-refractivity contribution in [1.82, 2.24) is 44.3 Å². The number of methoxy groups -OCH3 is 4. The Kier molecular flexibility index (Phi) is 13.2. The Balaban J connectivity index is 1.14. The second kappa shape index (κ2) is 19.0. The molecule has 5 heterocycles. The van der Waals surface area contributed by atoms with Crippen LogP contribution in [0.3, 0.4) is 0 Å². The van der Waals surface area contributed by atoms with Crippen LogP contribution in [0.25, 0.3) is 44.3 Å². The summed E-state index contributed by atoms with van der Waals surface area (Å²) in [6, 6.07) is 16.6. The van der Waals surface area contributed by atoms with Gasteiger partial charge in [-0.1, -0.05) is 42.5 Å².